The Morgan fingerprint density at radius 3 is 2.21 bits per heavy atom. The van der Waals surface area contributed by atoms with E-state index in [1.807, 2.05) is 24.4 Å². The van der Waals surface area contributed by atoms with E-state index in [2.05, 4.69) is 24.8 Å². The van der Waals surface area contributed by atoms with Crippen molar-refractivity contribution in [2.45, 2.75) is 0 Å². The SMILES string of the molecule is Nc1cnc(N2CCN(c3ccccn3)CC2)nc1. The molecule has 0 radical (unpaired) electrons. The number of nitrogens with two attached hydrogens (primary N) is 1. The first-order valence-electron chi connectivity index (χ1n) is 6.31. The van der Waals surface area contributed by atoms with Crippen LogP contribution in [0.4, 0.5) is 17.5 Å². The number of hydrogen-bond acceptors (Lipinski definition) is 6. The fraction of sp³-hybridized carbons (Fsp3) is 0.308. The molecule has 2 N–H and O–H groups in total. The van der Waals surface area contributed by atoms with Crippen molar-refractivity contribution in [3.63, 3.8) is 0 Å². The summed E-state index contributed by atoms with van der Waals surface area (Å²) < 4.78 is 0. The van der Waals surface area contributed by atoms with E-state index in [9.17, 15) is 0 Å². The Hall–Kier alpha value is -2.37. The van der Waals surface area contributed by atoms with E-state index in [1.165, 1.54) is 0 Å². The lowest BCUT2D eigenvalue weighted by Crippen LogP contribution is -2.47. The smallest absolute Gasteiger partial charge is 0.225 e. The first-order valence-corrected chi connectivity index (χ1v) is 6.31. The third-order valence-electron chi connectivity index (χ3n) is 3.19. The van der Waals surface area contributed by atoms with E-state index in [-0.39, 0.29) is 0 Å². The van der Waals surface area contributed by atoms with E-state index in [4.69, 9.17) is 5.73 Å². The summed E-state index contributed by atoms with van der Waals surface area (Å²) in [5.41, 5.74) is 6.19. The molecule has 1 saturated heterocycles. The van der Waals surface area contributed by atoms with Crippen LogP contribution in [0.15, 0.2) is 36.8 Å². The molecule has 3 heterocycles. The average Bonchev–Trinajstić information content (AvgIpc) is 2.49. The Kier molecular flexibility index (Phi) is 3.14. The number of pyridine rings is 1. The zero-order valence-corrected chi connectivity index (χ0v) is 10.6. The van der Waals surface area contributed by atoms with Gasteiger partial charge in [0, 0.05) is 32.4 Å². The fourth-order valence-corrected chi connectivity index (χ4v) is 2.17. The molecule has 0 atom stereocenters. The van der Waals surface area contributed by atoms with Crippen molar-refractivity contribution < 1.29 is 0 Å². The van der Waals surface area contributed by atoms with E-state index in [0.29, 0.717) is 5.69 Å². The molecule has 0 amide bonds. The number of aromatic nitrogens is 3. The standard InChI is InChI=1S/C13H16N6/c14-11-9-16-13(17-10-11)19-7-5-18(6-8-19)12-3-1-2-4-15-12/h1-4,9-10H,5-8,14H2. The maximum atomic E-state index is 5.59. The molecule has 6 heteroatoms. The Balaban J connectivity index is 1.65. The minimum absolute atomic E-state index is 0.593. The highest BCUT2D eigenvalue weighted by atomic mass is 15.3. The first kappa shape index (κ1) is 11.7. The molecule has 0 spiro atoms. The summed E-state index contributed by atoms with van der Waals surface area (Å²) in [7, 11) is 0. The van der Waals surface area contributed by atoms with Gasteiger partial charge in [-0.2, -0.15) is 0 Å². The highest BCUT2D eigenvalue weighted by Crippen LogP contribution is 2.15. The highest BCUT2D eigenvalue weighted by molar-refractivity contribution is 5.43. The molecular formula is C13H16N6. The van der Waals surface area contributed by atoms with E-state index >= 15 is 0 Å². The largest absolute Gasteiger partial charge is 0.396 e. The van der Waals surface area contributed by atoms with Gasteiger partial charge in [-0.05, 0) is 12.1 Å². The summed E-state index contributed by atoms with van der Waals surface area (Å²) in [6.07, 6.45) is 5.12. The van der Waals surface area contributed by atoms with Gasteiger partial charge in [0.05, 0.1) is 18.1 Å². The monoisotopic (exact) mass is 256 g/mol. The normalized spacial score (nSPS) is 15.6. The van der Waals surface area contributed by atoms with E-state index in [1.54, 1.807) is 12.4 Å². The number of nitrogens with zero attached hydrogens (tertiary/aromatic N) is 5. The molecule has 0 saturated carbocycles. The van der Waals surface area contributed by atoms with Gasteiger partial charge in [-0.15, -0.1) is 0 Å². The molecule has 2 aromatic heterocycles. The van der Waals surface area contributed by atoms with Crippen LogP contribution in [0.5, 0.6) is 0 Å². The second kappa shape index (κ2) is 5.09. The number of rotatable bonds is 2. The first-order chi connectivity index (χ1) is 9.33. The number of anilines is 3. The molecule has 0 aliphatic carbocycles. The van der Waals surface area contributed by atoms with Crippen LogP contribution in [-0.4, -0.2) is 41.1 Å². The van der Waals surface area contributed by atoms with Crippen molar-refractivity contribution in [2.75, 3.05) is 41.7 Å². The maximum absolute atomic E-state index is 5.59. The lowest BCUT2D eigenvalue weighted by atomic mass is 10.3. The topological polar surface area (TPSA) is 71.2 Å². The molecule has 98 valence electrons. The van der Waals surface area contributed by atoms with Gasteiger partial charge in [-0.25, -0.2) is 15.0 Å². The van der Waals surface area contributed by atoms with Gasteiger partial charge in [0.15, 0.2) is 0 Å². The van der Waals surface area contributed by atoms with Crippen LogP contribution < -0.4 is 15.5 Å². The molecular weight excluding hydrogens is 240 g/mol. The molecule has 0 aromatic carbocycles. The van der Waals surface area contributed by atoms with Crippen LogP contribution in [0.2, 0.25) is 0 Å². The zero-order valence-electron chi connectivity index (χ0n) is 10.6. The summed E-state index contributed by atoms with van der Waals surface area (Å²) in [5, 5.41) is 0. The predicted octanol–water partition coefficient (Wildman–Crippen LogP) is 0.780. The Morgan fingerprint density at radius 2 is 1.58 bits per heavy atom. The summed E-state index contributed by atoms with van der Waals surface area (Å²) in [6.45, 7) is 3.62. The molecule has 1 aliphatic rings. The third-order valence-corrected chi connectivity index (χ3v) is 3.19. The maximum Gasteiger partial charge on any atom is 0.225 e. The quantitative estimate of drug-likeness (QED) is 0.856. The van der Waals surface area contributed by atoms with Crippen molar-refractivity contribution in [3.8, 4) is 0 Å². The van der Waals surface area contributed by atoms with E-state index in [0.717, 1.165) is 37.9 Å². The van der Waals surface area contributed by atoms with Crippen molar-refractivity contribution in [1.29, 1.82) is 0 Å². The third kappa shape index (κ3) is 2.57. The number of piperazine rings is 1. The molecule has 19 heavy (non-hydrogen) atoms. The Labute approximate surface area is 111 Å². The molecule has 1 fully saturated rings. The van der Waals surface area contributed by atoms with Gasteiger partial charge in [-0.1, -0.05) is 6.07 Å². The Bertz CT molecular complexity index is 519. The minimum atomic E-state index is 0.593. The van der Waals surface area contributed by atoms with Gasteiger partial charge in [0.25, 0.3) is 0 Å². The van der Waals surface area contributed by atoms with Gasteiger partial charge < -0.3 is 15.5 Å². The minimum Gasteiger partial charge on any atom is -0.396 e. The van der Waals surface area contributed by atoms with Crippen molar-refractivity contribution in [1.82, 2.24) is 15.0 Å². The summed E-state index contributed by atoms with van der Waals surface area (Å²) >= 11 is 0. The second-order valence-electron chi connectivity index (χ2n) is 4.48. The van der Waals surface area contributed by atoms with Gasteiger partial charge in [0.2, 0.25) is 5.95 Å². The predicted molar refractivity (Wildman–Crippen MR) is 75.1 cm³/mol. The molecule has 0 unspecified atom stereocenters. The average molecular weight is 256 g/mol. The van der Waals surface area contributed by atoms with Crippen LogP contribution in [0, 0.1) is 0 Å². The van der Waals surface area contributed by atoms with Crippen molar-refractivity contribution in [3.05, 3.63) is 36.8 Å². The molecule has 0 bridgehead atoms. The van der Waals surface area contributed by atoms with Gasteiger partial charge in [-0.3, -0.25) is 0 Å². The number of nitrogen functional groups attached to an aromatic ring is 1. The molecule has 6 nitrogen and oxygen atoms in total. The van der Waals surface area contributed by atoms with Gasteiger partial charge in [0.1, 0.15) is 5.82 Å². The van der Waals surface area contributed by atoms with Crippen molar-refractivity contribution >= 4 is 17.5 Å². The van der Waals surface area contributed by atoms with Gasteiger partial charge >= 0.3 is 0 Å². The molecule has 3 rings (SSSR count). The zero-order chi connectivity index (χ0) is 13.1. The summed E-state index contributed by atoms with van der Waals surface area (Å²) in [6, 6.07) is 5.98. The lowest BCUT2D eigenvalue weighted by molar-refractivity contribution is 0.635. The second-order valence-corrected chi connectivity index (χ2v) is 4.48. The van der Waals surface area contributed by atoms with Crippen LogP contribution in [-0.2, 0) is 0 Å². The van der Waals surface area contributed by atoms with Crippen LogP contribution in [0.3, 0.4) is 0 Å². The summed E-state index contributed by atoms with van der Waals surface area (Å²) in [5.74, 6) is 1.77. The van der Waals surface area contributed by atoms with E-state index < -0.39 is 0 Å². The van der Waals surface area contributed by atoms with Crippen LogP contribution in [0.1, 0.15) is 0 Å². The Morgan fingerprint density at radius 1 is 0.895 bits per heavy atom. The highest BCUT2D eigenvalue weighted by Gasteiger charge is 2.19. The lowest BCUT2D eigenvalue weighted by Gasteiger charge is -2.35. The van der Waals surface area contributed by atoms with Crippen LogP contribution >= 0.6 is 0 Å². The number of hydrogen-bond donors (Lipinski definition) is 1. The molecule has 1 aliphatic heterocycles. The summed E-state index contributed by atoms with van der Waals surface area (Å²) in [4.78, 5) is 17.3. The molecule has 2 aromatic rings. The van der Waals surface area contributed by atoms with Crippen LogP contribution in [0.25, 0.3) is 0 Å². The fourth-order valence-electron chi connectivity index (χ4n) is 2.17. The van der Waals surface area contributed by atoms with Crippen molar-refractivity contribution in [2.24, 2.45) is 0 Å².